The van der Waals surface area contributed by atoms with Gasteiger partial charge in [0.2, 0.25) is 0 Å². The average molecular weight is 243 g/mol. The summed E-state index contributed by atoms with van der Waals surface area (Å²) in [6.45, 7) is 4.38. The van der Waals surface area contributed by atoms with Crippen LogP contribution in [-0.4, -0.2) is 85.3 Å². The van der Waals surface area contributed by atoms with Crippen molar-refractivity contribution in [1.29, 1.82) is 0 Å². The van der Waals surface area contributed by atoms with Crippen molar-refractivity contribution in [3.8, 4) is 0 Å². The zero-order chi connectivity index (χ0) is 12.0. The Labute approximate surface area is 101 Å². The molecule has 0 aromatic carbocycles. The Balaban J connectivity index is 1.72. The second-order valence-corrected chi connectivity index (χ2v) is 5.27. The smallest absolute Gasteiger partial charge is 0.176 e. The molecule has 6 heteroatoms. The molecule has 0 unspecified atom stereocenters. The first kappa shape index (κ1) is 11.8. The van der Waals surface area contributed by atoms with Gasteiger partial charge in [-0.2, -0.15) is 0 Å². The predicted octanol–water partition coefficient (Wildman–Crippen LogP) is -1.95. The highest BCUT2D eigenvalue weighted by Crippen LogP contribution is 2.30. The molecule has 3 heterocycles. The summed E-state index contributed by atoms with van der Waals surface area (Å²) in [4.78, 5) is 4.53. The molecule has 0 aliphatic carbocycles. The van der Waals surface area contributed by atoms with Gasteiger partial charge >= 0.3 is 0 Å². The summed E-state index contributed by atoms with van der Waals surface area (Å²) in [5, 5.41) is 10.3. The number of nitrogens with two attached hydrogens (primary N) is 1. The van der Waals surface area contributed by atoms with Gasteiger partial charge in [0.1, 0.15) is 6.10 Å². The van der Waals surface area contributed by atoms with Gasteiger partial charge in [-0.15, -0.1) is 0 Å². The number of piperazine rings is 1. The van der Waals surface area contributed by atoms with Gasteiger partial charge in [-0.3, -0.25) is 4.90 Å². The Hall–Kier alpha value is -0.240. The Morgan fingerprint density at radius 2 is 1.94 bits per heavy atom. The van der Waals surface area contributed by atoms with E-state index in [2.05, 4.69) is 16.8 Å². The highest BCUT2D eigenvalue weighted by molar-refractivity contribution is 5.00. The highest BCUT2D eigenvalue weighted by Gasteiger charge is 2.50. The lowest BCUT2D eigenvalue weighted by atomic mass is 9.95. The van der Waals surface area contributed by atoms with Crippen LogP contribution in [-0.2, 0) is 9.47 Å². The number of fused-ring (bicyclic) bond motifs is 2. The fourth-order valence-electron chi connectivity index (χ4n) is 2.94. The molecule has 98 valence electrons. The zero-order valence-corrected chi connectivity index (χ0v) is 10.2. The fourth-order valence-corrected chi connectivity index (χ4v) is 2.94. The molecular formula is C11H21N3O3. The number of hydrogen-bond acceptors (Lipinski definition) is 6. The summed E-state index contributed by atoms with van der Waals surface area (Å²) in [6.07, 6.45) is -0.999. The minimum absolute atomic E-state index is 0.113. The van der Waals surface area contributed by atoms with E-state index < -0.39 is 6.10 Å². The molecule has 0 radical (unpaired) electrons. The Morgan fingerprint density at radius 1 is 1.24 bits per heavy atom. The van der Waals surface area contributed by atoms with Crippen LogP contribution in [0.5, 0.6) is 0 Å². The molecule has 3 N–H and O–H groups in total. The van der Waals surface area contributed by atoms with Crippen molar-refractivity contribution >= 4 is 0 Å². The third kappa shape index (κ3) is 1.99. The van der Waals surface area contributed by atoms with E-state index in [9.17, 15) is 5.11 Å². The van der Waals surface area contributed by atoms with Crippen LogP contribution in [0.3, 0.4) is 0 Å². The van der Waals surface area contributed by atoms with Crippen LogP contribution >= 0.6 is 0 Å². The lowest BCUT2D eigenvalue weighted by molar-refractivity contribution is -0.181. The molecule has 0 spiro atoms. The van der Waals surface area contributed by atoms with E-state index in [1.54, 1.807) is 0 Å². The van der Waals surface area contributed by atoms with Crippen LogP contribution in [0.15, 0.2) is 0 Å². The molecule has 3 fully saturated rings. The maximum absolute atomic E-state index is 10.3. The monoisotopic (exact) mass is 243 g/mol. The van der Waals surface area contributed by atoms with Gasteiger partial charge in [0.25, 0.3) is 0 Å². The second-order valence-electron chi connectivity index (χ2n) is 5.27. The molecule has 3 aliphatic heterocycles. The molecule has 5 atom stereocenters. The summed E-state index contributed by atoms with van der Waals surface area (Å²) >= 11 is 0. The van der Waals surface area contributed by atoms with E-state index in [1.807, 2.05) is 0 Å². The van der Waals surface area contributed by atoms with Crippen molar-refractivity contribution in [2.24, 2.45) is 5.73 Å². The Kier molecular flexibility index (Phi) is 3.10. The quantitative estimate of drug-likeness (QED) is 0.557. The molecule has 3 saturated heterocycles. The van der Waals surface area contributed by atoms with Crippen molar-refractivity contribution in [2.45, 2.75) is 30.6 Å². The maximum Gasteiger partial charge on any atom is 0.176 e. The summed E-state index contributed by atoms with van der Waals surface area (Å²) < 4.78 is 11.3. The number of hydrogen-bond donors (Lipinski definition) is 2. The van der Waals surface area contributed by atoms with Crippen LogP contribution in [0.1, 0.15) is 0 Å². The molecule has 0 aromatic rings. The van der Waals surface area contributed by atoms with E-state index in [0.29, 0.717) is 6.61 Å². The third-order valence-corrected chi connectivity index (χ3v) is 4.15. The average Bonchev–Trinajstić information content (AvgIpc) is 2.75. The lowest BCUT2D eigenvalue weighted by Gasteiger charge is -2.45. The molecule has 0 aromatic heterocycles. The van der Waals surface area contributed by atoms with Crippen molar-refractivity contribution in [3.05, 3.63) is 0 Å². The van der Waals surface area contributed by atoms with Crippen molar-refractivity contribution in [1.82, 2.24) is 9.80 Å². The van der Waals surface area contributed by atoms with Crippen LogP contribution in [0.4, 0.5) is 0 Å². The number of rotatable bonds is 1. The molecule has 3 rings (SSSR count). The predicted molar refractivity (Wildman–Crippen MR) is 61.5 cm³/mol. The van der Waals surface area contributed by atoms with Gasteiger partial charge in [0.15, 0.2) is 6.29 Å². The van der Waals surface area contributed by atoms with E-state index in [1.165, 1.54) is 0 Å². The molecule has 2 bridgehead atoms. The van der Waals surface area contributed by atoms with Gasteiger partial charge < -0.3 is 25.2 Å². The Morgan fingerprint density at radius 3 is 2.65 bits per heavy atom. The SMILES string of the molecule is CN1CCN([C@@H]2[C@@H]3OC[C@@H](O3)[C@@H](N)[C@H]2O)CC1. The molecular weight excluding hydrogens is 222 g/mol. The first-order valence-corrected chi connectivity index (χ1v) is 6.30. The van der Waals surface area contributed by atoms with E-state index in [4.69, 9.17) is 15.2 Å². The second kappa shape index (κ2) is 4.46. The van der Waals surface area contributed by atoms with Crippen molar-refractivity contribution in [3.63, 3.8) is 0 Å². The topological polar surface area (TPSA) is 71.2 Å². The summed E-state index contributed by atoms with van der Waals surface area (Å²) in [7, 11) is 2.11. The first-order valence-electron chi connectivity index (χ1n) is 6.30. The Bertz CT molecular complexity index is 283. The van der Waals surface area contributed by atoms with Crippen LogP contribution < -0.4 is 5.73 Å². The van der Waals surface area contributed by atoms with Crippen LogP contribution in [0.2, 0.25) is 0 Å². The fraction of sp³-hybridized carbons (Fsp3) is 1.00. The number of aliphatic hydroxyl groups excluding tert-OH is 1. The minimum atomic E-state index is -0.551. The van der Waals surface area contributed by atoms with E-state index in [0.717, 1.165) is 26.2 Å². The minimum Gasteiger partial charge on any atom is -0.390 e. The van der Waals surface area contributed by atoms with Crippen molar-refractivity contribution in [2.75, 3.05) is 39.8 Å². The van der Waals surface area contributed by atoms with Crippen LogP contribution in [0, 0.1) is 0 Å². The van der Waals surface area contributed by atoms with Gasteiger partial charge in [0.05, 0.1) is 24.8 Å². The largest absolute Gasteiger partial charge is 0.390 e. The summed E-state index contributed by atoms with van der Waals surface area (Å²) in [6, 6.07) is -0.448. The normalized spacial score (nSPS) is 48.5. The summed E-state index contributed by atoms with van der Waals surface area (Å²) in [5.74, 6) is 0. The van der Waals surface area contributed by atoms with Gasteiger partial charge in [-0.05, 0) is 7.05 Å². The highest BCUT2D eigenvalue weighted by atomic mass is 16.7. The van der Waals surface area contributed by atoms with Crippen molar-refractivity contribution < 1.29 is 14.6 Å². The maximum atomic E-state index is 10.3. The molecule has 0 amide bonds. The molecule has 3 aliphatic rings. The van der Waals surface area contributed by atoms with Crippen LogP contribution in [0.25, 0.3) is 0 Å². The zero-order valence-electron chi connectivity index (χ0n) is 10.2. The van der Waals surface area contributed by atoms with Gasteiger partial charge in [-0.1, -0.05) is 0 Å². The molecule has 17 heavy (non-hydrogen) atoms. The van der Waals surface area contributed by atoms with Gasteiger partial charge in [-0.25, -0.2) is 0 Å². The van der Waals surface area contributed by atoms with E-state index in [-0.39, 0.29) is 24.5 Å². The number of nitrogens with zero attached hydrogens (tertiary/aromatic N) is 2. The standard InChI is InChI=1S/C11H21N3O3/c1-13-2-4-14(5-3-13)9-10(15)8(12)7-6-16-11(9)17-7/h7-11,15H,2-6,12H2,1H3/t7-,8-,9+,10-,11-/m1/s1. The van der Waals surface area contributed by atoms with Gasteiger partial charge in [0, 0.05) is 26.2 Å². The first-order chi connectivity index (χ1) is 8.16. The molecule has 6 nitrogen and oxygen atoms in total. The van der Waals surface area contributed by atoms with E-state index >= 15 is 0 Å². The molecule has 0 saturated carbocycles. The lowest BCUT2D eigenvalue weighted by Crippen LogP contribution is -2.65. The number of aliphatic hydroxyl groups is 1. The third-order valence-electron chi connectivity index (χ3n) is 4.15. The number of likely N-dealkylation sites (N-methyl/N-ethyl adjacent to an activating group) is 1. The number of ether oxygens (including phenoxy) is 2. The summed E-state index contributed by atoms with van der Waals surface area (Å²) in [5.41, 5.74) is 5.99.